The van der Waals surface area contributed by atoms with Gasteiger partial charge in [-0.25, -0.2) is 0 Å². The molecule has 4 heteroatoms. The van der Waals surface area contributed by atoms with Crippen LogP contribution in [0.4, 0.5) is 0 Å². The lowest BCUT2D eigenvalue weighted by Crippen LogP contribution is -2.27. The van der Waals surface area contributed by atoms with Crippen LogP contribution in [0.5, 0.6) is 5.75 Å². The van der Waals surface area contributed by atoms with Crippen molar-refractivity contribution in [2.45, 2.75) is 19.4 Å². The van der Waals surface area contributed by atoms with Crippen LogP contribution in [0.2, 0.25) is 0 Å². The van der Waals surface area contributed by atoms with Crippen LogP contribution in [0, 0.1) is 0 Å². The van der Waals surface area contributed by atoms with Crippen molar-refractivity contribution in [1.82, 2.24) is 10.2 Å². The molecule has 0 radical (unpaired) electrons. The molecule has 18 heavy (non-hydrogen) atoms. The molecular formula is C14H21ClN2O. The molecule has 2 aliphatic rings. The number of ether oxygens (including phenoxy) is 1. The van der Waals surface area contributed by atoms with E-state index in [2.05, 4.69) is 28.4 Å². The second kappa shape index (κ2) is 6.41. The lowest BCUT2D eigenvalue weighted by atomic mass is 10.1. The molecule has 1 saturated heterocycles. The summed E-state index contributed by atoms with van der Waals surface area (Å²) in [5, 5.41) is 3.44. The van der Waals surface area contributed by atoms with Crippen LogP contribution < -0.4 is 10.1 Å². The fourth-order valence-electron chi connectivity index (χ4n) is 2.66. The Balaban J connectivity index is 0.00000120. The molecule has 100 valence electrons. The van der Waals surface area contributed by atoms with Crippen LogP contribution in [-0.4, -0.2) is 37.7 Å². The number of nitrogens with one attached hydrogen (secondary N) is 1. The first-order valence-corrected chi connectivity index (χ1v) is 6.59. The molecular weight excluding hydrogens is 248 g/mol. The van der Waals surface area contributed by atoms with E-state index in [9.17, 15) is 0 Å². The summed E-state index contributed by atoms with van der Waals surface area (Å²) in [4.78, 5) is 2.54. The summed E-state index contributed by atoms with van der Waals surface area (Å²) in [7, 11) is 0. The second-order valence-corrected chi connectivity index (χ2v) is 4.92. The van der Waals surface area contributed by atoms with Gasteiger partial charge in [-0.15, -0.1) is 12.4 Å². The van der Waals surface area contributed by atoms with Crippen LogP contribution in [0.15, 0.2) is 18.2 Å². The molecule has 0 spiro atoms. The van der Waals surface area contributed by atoms with Gasteiger partial charge in [-0.1, -0.05) is 12.1 Å². The second-order valence-electron chi connectivity index (χ2n) is 4.92. The van der Waals surface area contributed by atoms with Crippen molar-refractivity contribution in [3.8, 4) is 5.75 Å². The first-order valence-electron chi connectivity index (χ1n) is 6.59. The minimum absolute atomic E-state index is 0. The quantitative estimate of drug-likeness (QED) is 0.886. The first-order chi connectivity index (χ1) is 8.42. The average molecular weight is 269 g/mol. The molecule has 0 saturated carbocycles. The summed E-state index contributed by atoms with van der Waals surface area (Å²) in [6.45, 7) is 6.58. The number of hydrogen-bond donors (Lipinski definition) is 1. The van der Waals surface area contributed by atoms with Crippen molar-refractivity contribution in [3.63, 3.8) is 0 Å². The summed E-state index contributed by atoms with van der Waals surface area (Å²) < 4.78 is 5.54. The summed E-state index contributed by atoms with van der Waals surface area (Å²) in [6, 6.07) is 6.66. The fourth-order valence-corrected chi connectivity index (χ4v) is 2.66. The minimum Gasteiger partial charge on any atom is -0.493 e. The van der Waals surface area contributed by atoms with Crippen LogP contribution in [0.3, 0.4) is 0 Å². The predicted octanol–water partition coefficient (Wildman–Crippen LogP) is 1.84. The van der Waals surface area contributed by atoms with Gasteiger partial charge in [0.1, 0.15) is 5.75 Å². The van der Waals surface area contributed by atoms with Crippen molar-refractivity contribution < 1.29 is 4.74 Å². The molecule has 2 heterocycles. The Labute approximate surface area is 115 Å². The van der Waals surface area contributed by atoms with Gasteiger partial charge in [0, 0.05) is 26.1 Å². The summed E-state index contributed by atoms with van der Waals surface area (Å²) in [5.41, 5.74) is 2.81. The molecule has 1 N–H and O–H groups in total. The fraction of sp³-hybridized carbons (Fsp3) is 0.571. The van der Waals surface area contributed by atoms with Crippen LogP contribution >= 0.6 is 12.4 Å². The molecule has 0 bridgehead atoms. The van der Waals surface area contributed by atoms with Gasteiger partial charge in [0.25, 0.3) is 0 Å². The Morgan fingerprint density at radius 1 is 1.22 bits per heavy atom. The molecule has 3 rings (SSSR count). The third-order valence-corrected chi connectivity index (χ3v) is 3.59. The number of benzene rings is 1. The van der Waals surface area contributed by atoms with Crippen LogP contribution in [0.1, 0.15) is 17.5 Å². The number of rotatable bonds is 2. The monoisotopic (exact) mass is 268 g/mol. The van der Waals surface area contributed by atoms with Gasteiger partial charge in [0.15, 0.2) is 0 Å². The molecule has 1 fully saturated rings. The highest BCUT2D eigenvalue weighted by molar-refractivity contribution is 5.85. The van der Waals surface area contributed by atoms with Crippen molar-refractivity contribution >= 4 is 12.4 Å². The molecule has 0 aliphatic carbocycles. The van der Waals surface area contributed by atoms with Crippen LogP contribution in [-0.2, 0) is 13.0 Å². The van der Waals surface area contributed by atoms with Crippen LogP contribution in [0.25, 0.3) is 0 Å². The highest BCUT2D eigenvalue weighted by atomic mass is 35.5. The Hall–Kier alpha value is -0.770. The van der Waals surface area contributed by atoms with E-state index in [1.807, 2.05) is 0 Å². The van der Waals surface area contributed by atoms with Crippen molar-refractivity contribution in [1.29, 1.82) is 0 Å². The van der Waals surface area contributed by atoms with Crippen molar-refractivity contribution in [2.75, 3.05) is 32.8 Å². The lowest BCUT2D eigenvalue weighted by Gasteiger charge is -2.19. The third kappa shape index (κ3) is 3.16. The van der Waals surface area contributed by atoms with E-state index >= 15 is 0 Å². The lowest BCUT2D eigenvalue weighted by molar-refractivity contribution is 0.284. The molecule has 3 nitrogen and oxygen atoms in total. The van der Waals surface area contributed by atoms with E-state index in [1.54, 1.807) is 0 Å². The Morgan fingerprint density at radius 3 is 3.11 bits per heavy atom. The van der Waals surface area contributed by atoms with Gasteiger partial charge in [0.05, 0.1) is 6.61 Å². The van der Waals surface area contributed by atoms with E-state index < -0.39 is 0 Å². The van der Waals surface area contributed by atoms with Gasteiger partial charge >= 0.3 is 0 Å². The van der Waals surface area contributed by atoms with E-state index in [1.165, 1.54) is 24.1 Å². The van der Waals surface area contributed by atoms with Gasteiger partial charge in [-0.2, -0.15) is 0 Å². The normalized spacial score (nSPS) is 19.6. The van der Waals surface area contributed by atoms with E-state index in [0.717, 1.165) is 45.0 Å². The Morgan fingerprint density at radius 2 is 2.17 bits per heavy atom. The largest absolute Gasteiger partial charge is 0.493 e. The number of hydrogen-bond acceptors (Lipinski definition) is 3. The molecule has 0 unspecified atom stereocenters. The number of fused-ring (bicyclic) bond motifs is 1. The van der Waals surface area contributed by atoms with E-state index in [4.69, 9.17) is 4.74 Å². The molecule has 0 atom stereocenters. The van der Waals surface area contributed by atoms with Gasteiger partial charge in [-0.3, -0.25) is 4.90 Å². The maximum absolute atomic E-state index is 5.54. The highest BCUT2D eigenvalue weighted by Gasteiger charge is 2.14. The predicted molar refractivity (Wildman–Crippen MR) is 75.7 cm³/mol. The molecule has 1 aromatic carbocycles. The van der Waals surface area contributed by atoms with Crippen molar-refractivity contribution in [2.24, 2.45) is 0 Å². The third-order valence-electron chi connectivity index (χ3n) is 3.59. The number of halogens is 1. The summed E-state index contributed by atoms with van der Waals surface area (Å²) in [6.07, 6.45) is 2.33. The molecule has 0 amide bonds. The van der Waals surface area contributed by atoms with Gasteiger partial charge in [-0.05, 0) is 36.7 Å². The smallest absolute Gasteiger partial charge is 0.122 e. The van der Waals surface area contributed by atoms with Gasteiger partial charge in [0.2, 0.25) is 0 Å². The standard InChI is InChI=1S/C14H20N2O.ClH/c1-5-15-6-8-16(7-1)11-12-2-3-14-13(10-12)4-9-17-14;/h2-3,10,15H,1,4-9,11H2;1H. The Kier molecular flexibility index (Phi) is 4.87. The highest BCUT2D eigenvalue weighted by Crippen LogP contribution is 2.26. The zero-order valence-electron chi connectivity index (χ0n) is 10.7. The first kappa shape index (κ1) is 13.7. The molecule has 2 aliphatic heterocycles. The number of nitrogens with zero attached hydrogens (tertiary/aromatic N) is 1. The van der Waals surface area contributed by atoms with Gasteiger partial charge < -0.3 is 10.1 Å². The van der Waals surface area contributed by atoms with Crippen molar-refractivity contribution in [3.05, 3.63) is 29.3 Å². The topological polar surface area (TPSA) is 24.5 Å². The Bertz CT molecular complexity index is 389. The van der Waals surface area contributed by atoms with E-state index in [0.29, 0.717) is 0 Å². The summed E-state index contributed by atoms with van der Waals surface area (Å²) >= 11 is 0. The maximum atomic E-state index is 5.54. The molecule has 0 aromatic heterocycles. The SMILES string of the molecule is Cl.c1cc2c(cc1CN1CCCNCC1)CCO2. The maximum Gasteiger partial charge on any atom is 0.122 e. The van der Waals surface area contributed by atoms with E-state index in [-0.39, 0.29) is 12.4 Å². The zero-order chi connectivity index (χ0) is 11.5. The summed E-state index contributed by atoms with van der Waals surface area (Å²) in [5.74, 6) is 1.09. The zero-order valence-corrected chi connectivity index (χ0v) is 11.5. The minimum atomic E-state index is 0. The molecule has 1 aromatic rings. The average Bonchev–Trinajstić information content (AvgIpc) is 2.65.